The summed E-state index contributed by atoms with van der Waals surface area (Å²) < 4.78 is 6.41. The first-order chi connectivity index (χ1) is 29.7. The fourth-order valence-corrected chi connectivity index (χ4v) is 12.3. The van der Waals surface area contributed by atoms with Gasteiger partial charge < -0.3 is 9.32 Å². The second kappa shape index (κ2) is 13.1. The zero-order valence-corrected chi connectivity index (χ0v) is 33.2. The van der Waals surface area contributed by atoms with Gasteiger partial charge in [-0.25, -0.2) is 15.0 Å². The van der Waals surface area contributed by atoms with Crippen LogP contribution in [-0.2, 0) is 5.41 Å². The number of fused-ring (bicyclic) bond motifs is 5. The molecular formula is C55H42N4O. The monoisotopic (exact) mass is 774 g/mol. The Labute approximate surface area is 349 Å². The highest BCUT2D eigenvalue weighted by Gasteiger charge is 2.61. The molecule has 4 bridgehead atoms. The third-order valence-electron chi connectivity index (χ3n) is 14.5. The minimum atomic E-state index is -0.0582. The minimum Gasteiger partial charge on any atom is -0.455 e. The van der Waals surface area contributed by atoms with Crippen molar-refractivity contribution in [2.75, 3.05) is 4.90 Å². The standard InChI is InChI=1S/C55H42N4O/c1-3-12-37(13-4-1)52-56-53(38-24-22-36(23-25-38)43-17-11-18-45-44-16-7-10-21-50(44)60-51(43)45)58-54(57-52)39-26-27-49-47(33-39)55(40-29-34-28-35(31-40)32-41(55)30-34)46-19-8-9-20-48(46)59(49)42-14-5-2-6-15-42/h1-27,33-35,40-41H,28-32H2. The molecule has 4 fully saturated rings. The van der Waals surface area contributed by atoms with E-state index in [1.165, 1.54) is 60.3 Å². The van der Waals surface area contributed by atoms with Crippen LogP contribution < -0.4 is 4.90 Å². The molecule has 4 aliphatic carbocycles. The molecule has 60 heavy (non-hydrogen) atoms. The molecule has 288 valence electrons. The summed E-state index contributed by atoms with van der Waals surface area (Å²) in [5.74, 6) is 4.94. The highest BCUT2D eigenvalue weighted by Crippen LogP contribution is 2.69. The maximum absolute atomic E-state index is 6.41. The van der Waals surface area contributed by atoms with Crippen molar-refractivity contribution in [1.82, 2.24) is 15.0 Å². The number of benzene rings is 7. The number of hydrogen-bond acceptors (Lipinski definition) is 5. The average Bonchev–Trinajstić information content (AvgIpc) is 3.69. The van der Waals surface area contributed by atoms with Crippen molar-refractivity contribution in [3.63, 3.8) is 0 Å². The van der Waals surface area contributed by atoms with E-state index in [0.29, 0.717) is 29.3 Å². The van der Waals surface area contributed by atoms with Gasteiger partial charge in [-0.05, 0) is 115 Å². The molecule has 0 unspecified atom stereocenters. The minimum absolute atomic E-state index is 0.0582. The van der Waals surface area contributed by atoms with Crippen LogP contribution in [0.15, 0.2) is 174 Å². The summed E-state index contributed by atoms with van der Waals surface area (Å²) in [5.41, 5.74) is 13.5. The molecule has 7 aromatic carbocycles. The lowest BCUT2D eigenvalue weighted by Crippen LogP contribution is -2.57. The van der Waals surface area contributed by atoms with Crippen LogP contribution in [0, 0.1) is 23.7 Å². The van der Waals surface area contributed by atoms with Crippen molar-refractivity contribution in [2.45, 2.75) is 37.5 Å². The summed E-state index contributed by atoms with van der Waals surface area (Å²) in [4.78, 5) is 18.2. The molecule has 1 aliphatic heterocycles. The van der Waals surface area contributed by atoms with Crippen molar-refractivity contribution >= 4 is 39.0 Å². The van der Waals surface area contributed by atoms with Crippen LogP contribution in [0.1, 0.15) is 43.2 Å². The molecule has 0 saturated heterocycles. The molecule has 5 nitrogen and oxygen atoms in total. The third-order valence-corrected chi connectivity index (χ3v) is 14.5. The molecule has 9 aromatic rings. The second-order valence-electron chi connectivity index (χ2n) is 17.6. The van der Waals surface area contributed by atoms with E-state index in [1.54, 1.807) is 0 Å². The van der Waals surface area contributed by atoms with Gasteiger partial charge in [-0.1, -0.05) is 127 Å². The lowest BCUT2D eigenvalue weighted by molar-refractivity contribution is -0.0419. The van der Waals surface area contributed by atoms with E-state index in [9.17, 15) is 0 Å². The molecule has 5 aliphatic rings. The highest BCUT2D eigenvalue weighted by molar-refractivity contribution is 6.09. The van der Waals surface area contributed by atoms with Crippen molar-refractivity contribution < 1.29 is 4.42 Å². The van der Waals surface area contributed by atoms with Gasteiger partial charge in [0.25, 0.3) is 0 Å². The number of furan rings is 1. The van der Waals surface area contributed by atoms with Crippen LogP contribution in [0.25, 0.3) is 67.2 Å². The Bertz CT molecular complexity index is 3090. The summed E-state index contributed by atoms with van der Waals surface area (Å²) >= 11 is 0. The molecule has 5 heteroatoms. The zero-order valence-electron chi connectivity index (χ0n) is 33.2. The summed E-state index contributed by atoms with van der Waals surface area (Å²) in [6.45, 7) is 0. The predicted molar refractivity (Wildman–Crippen MR) is 241 cm³/mol. The third kappa shape index (κ3) is 5.02. The van der Waals surface area contributed by atoms with E-state index in [-0.39, 0.29) is 5.41 Å². The molecule has 0 radical (unpaired) electrons. The lowest BCUT2D eigenvalue weighted by Gasteiger charge is -2.64. The molecule has 1 spiro atoms. The SMILES string of the molecule is c1ccc(-c2nc(-c3ccc(-c4cccc5c4oc4ccccc45)cc3)nc(-c3ccc4c(c3)C3(c5ccccc5N4c4ccccc4)C4CC5CC(C4)CC3C5)n2)cc1. The fraction of sp³-hybridized carbons (Fsp3) is 0.182. The Hall–Kier alpha value is -6.85. The summed E-state index contributed by atoms with van der Waals surface area (Å²) in [7, 11) is 0. The molecule has 14 rings (SSSR count). The Morgan fingerprint density at radius 3 is 1.77 bits per heavy atom. The van der Waals surface area contributed by atoms with E-state index in [2.05, 4.69) is 157 Å². The van der Waals surface area contributed by atoms with Gasteiger partial charge >= 0.3 is 0 Å². The van der Waals surface area contributed by atoms with E-state index >= 15 is 0 Å². The predicted octanol–water partition coefficient (Wildman–Crippen LogP) is 14.0. The van der Waals surface area contributed by atoms with Crippen LogP contribution in [0.3, 0.4) is 0 Å². The van der Waals surface area contributed by atoms with Crippen molar-refractivity contribution in [1.29, 1.82) is 0 Å². The summed E-state index contributed by atoms with van der Waals surface area (Å²) in [6.07, 6.45) is 6.66. The average molecular weight is 775 g/mol. The Kier molecular flexibility index (Phi) is 7.42. The van der Waals surface area contributed by atoms with Crippen LogP contribution in [0.4, 0.5) is 17.1 Å². The van der Waals surface area contributed by atoms with Gasteiger partial charge in [0.15, 0.2) is 17.5 Å². The van der Waals surface area contributed by atoms with Gasteiger partial charge in [-0.3, -0.25) is 0 Å². The van der Waals surface area contributed by atoms with Crippen molar-refractivity contribution in [3.05, 3.63) is 181 Å². The van der Waals surface area contributed by atoms with Crippen LogP contribution in [-0.4, -0.2) is 15.0 Å². The largest absolute Gasteiger partial charge is 0.455 e. The normalized spacial score (nSPS) is 22.4. The molecule has 4 saturated carbocycles. The first kappa shape index (κ1) is 34.1. The second-order valence-corrected chi connectivity index (χ2v) is 17.6. The van der Waals surface area contributed by atoms with Crippen LogP contribution in [0.5, 0.6) is 0 Å². The Morgan fingerprint density at radius 1 is 0.450 bits per heavy atom. The number of rotatable bonds is 5. The fourth-order valence-electron chi connectivity index (χ4n) is 12.3. The summed E-state index contributed by atoms with van der Waals surface area (Å²) in [6, 6.07) is 60.9. The Morgan fingerprint density at radius 2 is 1.02 bits per heavy atom. The molecule has 2 aromatic heterocycles. The van der Waals surface area contributed by atoms with Crippen LogP contribution in [0.2, 0.25) is 0 Å². The number of hydrogen-bond donors (Lipinski definition) is 0. The van der Waals surface area contributed by atoms with Gasteiger partial charge in [0.05, 0.1) is 11.4 Å². The molecule has 0 amide bonds. The van der Waals surface area contributed by atoms with Gasteiger partial charge in [-0.15, -0.1) is 0 Å². The zero-order chi connectivity index (χ0) is 39.4. The van der Waals surface area contributed by atoms with Gasteiger partial charge in [0.2, 0.25) is 0 Å². The van der Waals surface area contributed by atoms with E-state index in [4.69, 9.17) is 19.4 Å². The number of nitrogens with zero attached hydrogens (tertiary/aromatic N) is 4. The molecule has 3 heterocycles. The highest BCUT2D eigenvalue weighted by atomic mass is 16.3. The quantitative estimate of drug-likeness (QED) is 0.174. The maximum atomic E-state index is 6.41. The smallest absolute Gasteiger partial charge is 0.164 e. The van der Waals surface area contributed by atoms with Gasteiger partial charge in [0, 0.05) is 44.1 Å². The lowest BCUT2D eigenvalue weighted by atomic mass is 9.41. The Balaban J connectivity index is 0.977. The topological polar surface area (TPSA) is 55.1 Å². The summed E-state index contributed by atoms with van der Waals surface area (Å²) in [5, 5.41) is 2.25. The van der Waals surface area contributed by atoms with E-state index in [1.807, 2.05) is 18.2 Å². The van der Waals surface area contributed by atoms with E-state index in [0.717, 1.165) is 61.6 Å². The molecular weight excluding hydrogens is 733 g/mol. The van der Waals surface area contributed by atoms with E-state index < -0.39 is 0 Å². The van der Waals surface area contributed by atoms with Crippen molar-refractivity contribution in [2.24, 2.45) is 23.7 Å². The number of aromatic nitrogens is 3. The van der Waals surface area contributed by atoms with Crippen molar-refractivity contribution in [3.8, 4) is 45.3 Å². The maximum Gasteiger partial charge on any atom is 0.164 e. The molecule has 0 N–H and O–H groups in total. The number of para-hydroxylation sites is 4. The first-order valence-electron chi connectivity index (χ1n) is 21.6. The molecule has 0 atom stereocenters. The van der Waals surface area contributed by atoms with Gasteiger partial charge in [0.1, 0.15) is 11.2 Å². The van der Waals surface area contributed by atoms with Gasteiger partial charge in [-0.2, -0.15) is 0 Å². The van der Waals surface area contributed by atoms with Crippen LogP contribution >= 0.6 is 0 Å². The number of anilines is 3. The first-order valence-corrected chi connectivity index (χ1v) is 21.6.